The lowest BCUT2D eigenvalue weighted by atomic mass is 10.2. The number of aromatic nitrogens is 1. The van der Waals surface area contributed by atoms with Crippen molar-refractivity contribution in [3.63, 3.8) is 0 Å². The van der Waals surface area contributed by atoms with Crippen molar-refractivity contribution >= 4 is 23.2 Å². The van der Waals surface area contributed by atoms with E-state index < -0.39 is 0 Å². The molecule has 0 aliphatic carbocycles. The quantitative estimate of drug-likeness (QED) is 0.817. The molecule has 6 heteroatoms. The van der Waals surface area contributed by atoms with E-state index in [1.807, 2.05) is 24.1 Å². The highest BCUT2D eigenvalue weighted by Gasteiger charge is 2.08. The van der Waals surface area contributed by atoms with Gasteiger partial charge in [0.25, 0.3) is 0 Å². The standard InChI is InChI=1S/C18H22N4O2/c1-14(23)20-16-4-3-5-17(12-16)21-18(24)13-22(2)11-8-15-6-9-19-10-7-15/h3-7,9-10,12H,8,11,13H2,1-2H3,(H,20,23)(H,21,24). The van der Waals surface area contributed by atoms with Crippen molar-refractivity contribution in [3.8, 4) is 0 Å². The molecule has 0 fully saturated rings. The lowest BCUT2D eigenvalue weighted by Crippen LogP contribution is -2.31. The third kappa shape index (κ3) is 6.18. The van der Waals surface area contributed by atoms with Gasteiger partial charge in [-0.15, -0.1) is 0 Å². The first-order valence-corrected chi connectivity index (χ1v) is 7.78. The average Bonchev–Trinajstić information content (AvgIpc) is 2.53. The van der Waals surface area contributed by atoms with Gasteiger partial charge in [0.15, 0.2) is 0 Å². The Morgan fingerprint density at radius 3 is 2.42 bits per heavy atom. The highest BCUT2D eigenvalue weighted by molar-refractivity contribution is 5.94. The monoisotopic (exact) mass is 326 g/mol. The molecule has 2 aromatic rings. The highest BCUT2D eigenvalue weighted by Crippen LogP contribution is 2.15. The first-order chi connectivity index (χ1) is 11.5. The summed E-state index contributed by atoms with van der Waals surface area (Å²) < 4.78 is 0. The third-order valence-corrected chi connectivity index (χ3v) is 3.41. The molecule has 6 nitrogen and oxygen atoms in total. The number of nitrogens with zero attached hydrogens (tertiary/aromatic N) is 2. The molecule has 1 aromatic carbocycles. The number of hydrogen-bond donors (Lipinski definition) is 2. The minimum absolute atomic E-state index is 0.0906. The maximum Gasteiger partial charge on any atom is 0.238 e. The summed E-state index contributed by atoms with van der Waals surface area (Å²) in [6, 6.07) is 11.0. The summed E-state index contributed by atoms with van der Waals surface area (Å²) in [5.74, 6) is -0.235. The molecular formula is C18H22N4O2. The average molecular weight is 326 g/mol. The molecule has 1 heterocycles. The van der Waals surface area contributed by atoms with Crippen LogP contribution in [0.1, 0.15) is 12.5 Å². The summed E-state index contributed by atoms with van der Waals surface area (Å²) in [5.41, 5.74) is 2.51. The summed E-state index contributed by atoms with van der Waals surface area (Å²) >= 11 is 0. The lowest BCUT2D eigenvalue weighted by molar-refractivity contribution is -0.117. The highest BCUT2D eigenvalue weighted by atomic mass is 16.2. The topological polar surface area (TPSA) is 74.3 Å². The number of benzene rings is 1. The van der Waals surface area contributed by atoms with E-state index in [1.165, 1.54) is 12.5 Å². The van der Waals surface area contributed by atoms with Gasteiger partial charge in [0.2, 0.25) is 11.8 Å². The SMILES string of the molecule is CC(=O)Nc1cccc(NC(=O)CN(C)CCc2ccncc2)c1. The van der Waals surface area contributed by atoms with E-state index in [2.05, 4.69) is 15.6 Å². The number of rotatable bonds is 7. The van der Waals surface area contributed by atoms with Crippen molar-refractivity contribution in [2.75, 3.05) is 30.8 Å². The Labute approximate surface area is 141 Å². The van der Waals surface area contributed by atoms with E-state index in [0.29, 0.717) is 17.9 Å². The van der Waals surface area contributed by atoms with Gasteiger partial charge in [-0.3, -0.25) is 19.5 Å². The summed E-state index contributed by atoms with van der Waals surface area (Å²) in [4.78, 5) is 29.1. The first kappa shape index (κ1) is 17.6. The second-order valence-electron chi connectivity index (χ2n) is 5.65. The van der Waals surface area contributed by atoms with Crippen molar-refractivity contribution in [2.24, 2.45) is 0 Å². The second kappa shape index (κ2) is 8.79. The number of nitrogens with one attached hydrogen (secondary N) is 2. The van der Waals surface area contributed by atoms with Gasteiger partial charge >= 0.3 is 0 Å². The van der Waals surface area contributed by atoms with Gasteiger partial charge in [-0.1, -0.05) is 6.07 Å². The van der Waals surface area contributed by atoms with Gasteiger partial charge < -0.3 is 10.6 Å². The fraction of sp³-hybridized carbons (Fsp3) is 0.278. The zero-order valence-corrected chi connectivity index (χ0v) is 14.0. The Balaban J connectivity index is 1.81. The van der Waals surface area contributed by atoms with Crippen LogP contribution < -0.4 is 10.6 Å². The van der Waals surface area contributed by atoms with Crippen molar-refractivity contribution in [2.45, 2.75) is 13.3 Å². The van der Waals surface area contributed by atoms with Crippen molar-refractivity contribution < 1.29 is 9.59 Å². The fourth-order valence-corrected chi connectivity index (χ4v) is 2.27. The Morgan fingerprint density at radius 1 is 1.08 bits per heavy atom. The summed E-state index contributed by atoms with van der Waals surface area (Å²) in [7, 11) is 1.91. The van der Waals surface area contributed by atoms with E-state index in [4.69, 9.17) is 0 Å². The predicted molar refractivity (Wildman–Crippen MR) is 94.8 cm³/mol. The number of anilines is 2. The molecular weight excluding hydrogens is 304 g/mol. The van der Waals surface area contributed by atoms with Crippen molar-refractivity contribution in [1.29, 1.82) is 0 Å². The summed E-state index contributed by atoms with van der Waals surface area (Å²) in [5, 5.41) is 5.53. The van der Waals surface area contributed by atoms with Crippen LogP contribution in [0.5, 0.6) is 0 Å². The number of likely N-dealkylation sites (N-methyl/N-ethyl adjacent to an activating group) is 1. The number of hydrogen-bond acceptors (Lipinski definition) is 4. The van der Waals surface area contributed by atoms with Crippen LogP contribution in [0.2, 0.25) is 0 Å². The molecule has 0 aliphatic heterocycles. The van der Waals surface area contributed by atoms with Crippen LogP contribution in [0.3, 0.4) is 0 Å². The molecule has 2 rings (SSSR count). The summed E-state index contributed by atoms with van der Waals surface area (Å²) in [6.45, 7) is 2.53. The molecule has 0 bridgehead atoms. The number of pyridine rings is 1. The molecule has 0 saturated carbocycles. The van der Waals surface area contributed by atoms with E-state index in [1.54, 1.807) is 36.7 Å². The van der Waals surface area contributed by atoms with Gasteiger partial charge in [-0.05, 0) is 49.4 Å². The van der Waals surface area contributed by atoms with Crippen LogP contribution >= 0.6 is 0 Å². The zero-order chi connectivity index (χ0) is 17.4. The van der Waals surface area contributed by atoms with Crippen LogP contribution in [0.4, 0.5) is 11.4 Å². The Bertz CT molecular complexity index is 688. The smallest absolute Gasteiger partial charge is 0.238 e. The van der Waals surface area contributed by atoms with Crippen LogP contribution in [0.25, 0.3) is 0 Å². The molecule has 24 heavy (non-hydrogen) atoms. The molecule has 2 amide bonds. The van der Waals surface area contributed by atoms with Crippen LogP contribution in [-0.4, -0.2) is 41.8 Å². The molecule has 0 radical (unpaired) electrons. The fourth-order valence-electron chi connectivity index (χ4n) is 2.27. The number of carbonyl (C=O) groups is 2. The minimum atomic E-state index is -0.144. The van der Waals surface area contributed by atoms with Crippen molar-refractivity contribution in [3.05, 3.63) is 54.4 Å². The minimum Gasteiger partial charge on any atom is -0.326 e. The van der Waals surface area contributed by atoms with Gasteiger partial charge in [0.1, 0.15) is 0 Å². The van der Waals surface area contributed by atoms with Gasteiger partial charge in [-0.2, -0.15) is 0 Å². The normalized spacial score (nSPS) is 10.5. The second-order valence-corrected chi connectivity index (χ2v) is 5.65. The van der Waals surface area contributed by atoms with E-state index >= 15 is 0 Å². The molecule has 0 unspecified atom stereocenters. The first-order valence-electron chi connectivity index (χ1n) is 7.78. The molecule has 2 N–H and O–H groups in total. The molecule has 126 valence electrons. The molecule has 1 aromatic heterocycles. The zero-order valence-electron chi connectivity index (χ0n) is 14.0. The lowest BCUT2D eigenvalue weighted by Gasteiger charge is -2.16. The molecule has 0 saturated heterocycles. The predicted octanol–water partition coefficient (Wildman–Crippen LogP) is 2.15. The van der Waals surface area contributed by atoms with Crippen LogP contribution in [-0.2, 0) is 16.0 Å². The maximum absolute atomic E-state index is 12.1. The van der Waals surface area contributed by atoms with E-state index in [-0.39, 0.29) is 11.8 Å². The molecule has 0 atom stereocenters. The van der Waals surface area contributed by atoms with Gasteiger partial charge in [0, 0.05) is 37.2 Å². The van der Waals surface area contributed by atoms with Crippen LogP contribution in [0, 0.1) is 0 Å². The van der Waals surface area contributed by atoms with Gasteiger partial charge in [0.05, 0.1) is 6.54 Å². The Morgan fingerprint density at radius 2 is 1.75 bits per heavy atom. The Kier molecular flexibility index (Phi) is 6.45. The van der Waals surface area contributed by atoms with E-state index in [0.717, 1.165) is 13.0 Å². The maximum atomic E-state index is 12.1. The van der Waals surface area contributed by atoms with E-state index in [9.17, 15) is 9.59 Å². The largest absolute Gasteiger partial charge is 0.326 e. The number of carbonyl (C=O) groups excluding carboxylic acids is 2. The summed E-state index contributed by atoms with van der Waals surface area (Å²) in [6.07, 6.45) is 4.40. The molecule has 0 aliphatic rings. The third-order valence-electron chi connectivity index (χ3n) is 3.41. The van der Waals surface area contributed by atoms with Gasteiger partial charge in [-0.25, -0.2) is 0 Å². The number of amides is 2. The van der Waals surface area contributed by atoms with Crippen LogP contribution in [0.15, 0.2) is 48.8 Å². The molecule has 0 spiro atoms. The van der Waals surface area contributed by atoms with Crippen molar-refractivity contribution in [1.82, 2.24) is 9.88 Å². The Hall–Kier alpha value is -2.73.